The van der Waals surface area contributed by atoms with Crippen molar-refractivity contribution in [1.29, 1.82) is 0 Å². The van der Waals surface area contributed by atoms with Crippen molar-refractivity contribution in [2.75, 3.05) is 0 Å². The van der Waals surface area contributed by atoms with Crippen LogP contribution in [0.1, 0.15) is 41.5 Å². The maximum absolute atomic E-state index is 11.9. The van der Waals surface area contributed by atoms with Gasteiger partial charge in [0.05, 0.1) is 5.56 Å². The van der Waals surface area contributed by atoms with Crippen LogP contribution in [0.3, 0.4) is 0 Å². The van der Waals surface area contributed by atoms with E-state index in [0.29, 0.717) is 10.6 Å². The number of halogens is 1. The van der Waals surface area contributed by atoms with Crippen LogP contribution in [0, 0.1) is 13.8 Å². The molecule has 112 valence electrons. The van der Waals surface area contributed by atoms with Gasteiger partial charge in [0.15, 0.2) is 0 Å². The van der Waals surface area contributed by atoms with Crippen LogP contribution in [0.15, 0.2) is 24.3 Å². The molecular weight excluding hydrogens is 284 g/mol. The van der Waals surface area contributed by atoms with Crippen LogP contribution in [0.4, 0.5) is 0 Å². The van der Waals surface area contributed by atoms with E-state index in [1.165, 1.54) is 0 Å². The first-order chi connectivity index (χ1) is 9.99. The average Bonchev–Trinajstić information content (AvgIpc) is 2.69. The van der Waals surface area contributed by atoms with E-state index in [0.717, 1.165) is 41.9 Å². The zero-order valence-electron chi connectivity index (χ0n) is 12.7. The molecule has 1 aromatic carbocycles. The molecule has 4 heteroatoms. The van der Waals surface area contributed by atoms with Crippen molar-refractivity contribution in [1.82, 2.24) is 4.57 Å². The third kappa shape index (κ3) is 2.84. The highest BCUT2D eigenvalue weighted by molar-refractivity contribution is 6.33. The molecule has 1 heterocycles. The minimum absolute atomic E-state index is 0.402. The van der Waals surface area contributed by atoms with Crippen LogP contribution in [-0.2, 0) is 6.54 Å². The summed E-state index contributed by atoms with van der Waals surface area (Å²) in [5, 5.41) is 0.635. The minimum atomic E-state index is -0.402. The summed E-state index contributed by atoms with van der Waals surface area (Å²) in [4.78, 5) is 11.9. The fourth-order valence-electron chi connectivity index (χ4n) is 2.83. The number of aromatic nitrogens is 1. The van der Waals surface area contributed by atoms with Gasteiger partial charge in [-0.05, 0) is 26.3 Å². The van der Waals surface area contributed by atoms with Gasteiger partial charge in [0, 0.05) is 34.1 Å². The van der Waals surface area contributed by atoms with Gasteiger partial charge in [0.1, 0.15) is 0 Å². The van der Waals surface area contributed by atoms with Crippen LogP contribution in [0.25, 0.3) is 11.1 Å². The first-order valence-corrected chi connectivity index (χ1v) is 7.61. The Bertz CT molecular complexity index is 674. The molecule has 1 aromatic heterocycles. The molecule has 0 spiro atoms. The SMILES string of the molecule is CCCCn1c(C)c(C(N)=O)c(-c2ccccc2Cl)c1C. The molecule has 3 nitrogen and oxygen atoms in total. The summed E-state index contributed by atoms with van der Waals surface area (Å²) in [7, 11) is 0. The molecule has 1 amide bonds. The van der Waals surface area contributed by atoms with Gasteiger partial charge in [-0.1, -0.05) is 43.1 Å². The van der Waals surface area contributed by atoms with Gasteiger partial charge in [0.25, 0.3) is 5.91 Å². The molecule has 0 radical (unpaired) electrons. The summed E-state index contributed by atoms with van der Waals surface area (Å²) in [6.45, 7) is 7.01. The lowest BCUT2D eigenvalue weighted by Crippen LogP contribution is -2.13. The van der Waals surface area contributed by atoms with E-state index in [1.54, 1.807) is 0 Å². The molecule has 2 rings (SSSR count). The van der Waals surface area contributed by atoms with Crippen molar-refractivity contribution in [3.8, 4) is 11.1 Å². The Labute approximate surface area is 130 Å². The highest BCUT2D eigenvalue weighted by Crippen LogP contribution is 2.36. The number of hydrogen-bond acceptors (Lipinski definition) is 1. The number of carbonyl (C=O) groups excluding carboxylic acids is 1. The second-order valence-electron chi connectivity index (χ2n) is 5.27. The molecule has 2 N–H and O–H groups in total. The highest BCUT2D eigenvalue weighted by Gasteiger charge is 2.23. The molecule has 0 aliphatic carbocycles. The van der Waals surface area contributed by atoms with Gasteiger partial charge in [-0.15, -0.1) is 0 Å². The van der Waals surface area contributed by atoms with Crippen LogP contribution in [0.5, 0.6) is 0 Å². The molecule has 0 saturated carbocycles. The van der Waals surface area contributed by atoms with Crippen molar-refractivity contribution >= 4 is 17.5 Å². The van der Waals surface area contributed by atoms with Gasteiger partial charge in [0.2, 0.25) is 0 Å². The number of rotatable bonds is 5. The number of hydrogen-bond donors (Lipinski definition) is 1. The molecule has 0 unspecified atom stereocenters. The standard InChI is InChI=1S/C17H21ClN2O/c1-4-5-10-20-11(2)15(16(12(20)3)17(19)21)13-8-6-7-9-14(13)18/h6-9H,4-5,10H2,1-3H3,(H2,19,21). The Hall–Kier alpha value is -1.74. The van der Waals surface area contributed by atoms with Gasteiger partial charge in [-0.3, -0.25) is 4.79 Å². The lowest BCUT2D eigenvalue weighted by atomic mass is 10.00. The molecule has 0 atom stereocenters. The maximum atomic E-state index is 11.9. The summed E-state index contributed by atoms with van der Waals surface area (Å²) in [5.74, 6) is -0.402. The average molecular weight is 305 g/mol. The summed E-state index contributed by atoms with van der Waals surface area (Å²) >= 11 is 6.31. The van der Waals surface area contributed by atoms with Crippen LogP contribution >= 0.6 is 11.6 Å². The molecule has 0 bridgehead atoms. The highest BCUT2D eigenvalue weighted by atomic mass is 35.5. The monoisotopic (exact) mass is 304 g/mol. The van der Waals surface area contributed by atoms with Crippen molar-refractivity contribution < 1.29 is 4.79 Å². The molecular formula is C17H21ClN2O. The minimum Gasteiger partial charge on any atom is -0.366 e. The van der Waals surface area contributed by atoms with Crippen molar-refractivity contribution in [2.45, 2.75) is 40.2 Å². The van der Waals surface area contributed by atoms with E-state index in [2.05, 4.69) is 11.5 Å². The second kappa shape index (κ2) is 6.35. The number of benzene rings is 1. The lowest BCUT2D eigenvalue weighted by Gasteiger charge is -2.09. The largest absolute Gasteiger partial charge is 0.366 e. The van der Waals surface area contributed by atoms with E-state index in [9.17, 15) is 4.79 Å². The number of amides is 1. The smallest absolute Gasteiger partial charge is 0.251 e. The van der Waals surface area contributed by atoms with Gasteiger partial charge in [-0.25, -0.2) is 0 Å². The van der Waals surface area contributed by atoms with Crippen LogP contribution in [0.2, 0.25) is 5.02 Å². The van der Waals surface area contributed by atoms with Crippen molar-refractivity contribution in [3.63, 3.8) is 0 Å². The predicted octanol–water partition coefficient (Wildman–Crippen LogP) is 4.32. The first kappa shape index (κ1) is 15.6. The topological polar surface area (TPSA) is 48.0 Å². The molecule has 21 heavy (non-hydrogen) atoms. The van der Waals surface area contributed by atoms with E-state index in [1.807, 2.05) is 38.1 Å². The van der Waals surface area contributed by atoms with Gasteiger partial charge in [-0.2, -0.15) is 0 Å². The summed E-state index contributed by atoms with van der Waals surface area (Å²) in [5.41, 5.74) is 9.89. The molecule has 0 aliphatic rings. The Morgan fingerprint density at radius 3 is 2.48 bits per heavy atom. The molecule has 0 saturated heterocycles. The van der Waals surface area contributed by atoms with E-state index < -0.39 is 5.91 Å². The third-order valence-corrected chi connectivity index (χ3v) is 4.24. The number of nitrogens with zero attached hydrogens (tertiary/aromatic N) is 1. The summed E-state index contributed by atoms with van der Waals surface area (Å²) in [6, 6.07) is 7.57. The Morgan fingerprint density at radius 1 is 1.24 bits per heavy atom. The Kier molecular flexibility index (Phi) is 4.73. The quantitative estimate of drug-likeness (QED) is 0.878. The Balaban J connectivity index is 2.70. The molecule has 2 aromatic rings. The van der Waals surface area contributed by atoms with Crippen LogP contribution < -0.4 is 5.73 Å². The number of primary amides is 1. The van der Waals surface area contributed by atoms with Crippen molar-refractivity contribution in [3.05, 3.63) is 46.2 Å². The van der Waals surface area contributed by atoms with Crippen LogP contribution in [-0.4, -0.2) is 10.5 Å². The Morgan fingerprint density at radius 2 is 1.90 bits per heavy atom. The number of unbranched alkanes of at least 4 members (excludes halogenated alkanes) is 1. The zero-order chi connectivity index (χ0) is 15.6. The normalized spacial score (nSPS) is 10.9. The van der Waals surface area contributed by atoms with E-state index >= 15 is 0 Å². The third-order valence-electron chi connectivity index (χ3n) is 3.91. The summed E-state index contributed by atoms with van der Waals surface area (Å²) < 4.78 is 2.17. The van der Waals surface area contributed by atoms with E-state index in [-0.39, 0.29) is 0 Å². The number of nitrogens with two attached hydrogens (primary N) is 1. The zero-order valence-corrected chi connectivity index (χ0v) is 13.5. The predicted molar refractivity (Wildman–Crippen MR) is 87.8 cm³/mol. The van der Waals surface area contributed by atoms with Gasteiger partial charge >= 0.3 is 0 Å². The number of carbonyl (C=O) groups is 1. The van der Waals surface area contributed by atoms with E-state index in [4.69, 9.17) is 17.3 Å². The van der Waals surface area contributed by atoms with Crippen molar-refractivity contribution in [2.24, 2.45) is 5.73 Å². The molecule has 0 fully saturated rings. The summed E-state index contributed by atoms with van der Waals surface area (Å²) in [6.07, 6.45) is 2.17. The fraction of sp³-hybridized carbons (Fsp3) is 0.353. The maximum Gasteiger partial charge on any atom is 0.251 e. The second-order valence-corrected chi connectivity index (χ2v) is 5.68. The molecule has 0 aliphatic heterocycles. The first-order valence-electron chi connectivity index (χ1n) is 7.23. The van der Waals surface area contributed by atoms with Gasteiger partial charge < -0.3 is 10.3 Å². The lowest BCUT2D eigenvalue weighted by molar-refractivity contribution is 0.1000. The fourth-order valence-corrected chi connectivity index (χ4v) is 3.06.